The second-order valence-electron chi connectivity index (χ2n) is 1.62. The van der Waals surface area contributed by atoms with Crippen molar-refractivity contribution in [1.29, 1.82) is 0 Å². The van der Waals surface area contributed by atoms with Crippen molar-refractivity contribution >= 4 is 15.9 Å². The quantitative estimate of drug-likeness (QED) is 0.447. The highest BCUT2D eigenvalue weighted by atomic mass is 79.9. The fourth-order valence-electron chi connectivity index (χ4n) is 0.318. The van der Waals surface area contributed by atoms with E-state index in [-0.39, 0.29) is 0 Å². The van der Waals surface area contributed by atoms with Crippen LogP contribution in [0.25, 0.3) is 0 Å². The van der Waals surface area contributed by atoms with E-state index in [9.17, 15) is 0 Å². The molecule has 0 heterocycles. The normalized spacial score (nSPS) is 11.9. The molecule has 0 aromatic heterocycles. The number of hydrogen-bond acceptors (Lipinski definition) is 0. The lowest BCUT2D eigenvalue weighted by atomic mass is 10.4. The Labute approximate surface area is 59.4 Å². The average Bonchev–Trinajstić information content (AvgIpc) is 1.66. The minimum absolute atomic E-state index is 0.449. The Morgan fingerprint density at radius 3 is 2.75 bits per heavy atom. The second-order valence-corrected chi connectivity index (χ2v) is 3.07. The Bertz CT molecular complexity index is 97.0. The molecule has 0 bridgehead atoms. The number of rotatable bonds is 2. The van der Waals surface area contributed by atoms with Crippen LogP contribution in [0.3, 0.4) is 0 Å². The minimum Gasteiger partial charge on any atom is -0.128 e. The van der Waals surface area contributed by atoms with Crippen LogP contribution in [0.15, 0.2) is 17.9 Å². The third kappa shape index (κ3) is 6.00. The first kappa shape index (κ1) is 8.00. The monoisotopic (exact) mass is 174 g/mol. The van der Waals surface area contributed by atoms with Crippen molar-refractivity contribution < 1.29 is 0 Å². The van der Waals surface area contributed by atoms with Gasteiger partial charge in [0, 0.05) is 4.83 Å². The smallest absolute Gasteiger partial charge is 0.0371 e. The fourth-order valence-corrected chi connectivity index (χ4v) is 0.471. The van der Waals surface area contributed by atoms with Crippen LogP contribution in [-0.2, 0) is 0 Å². The van der Waals surface area contributed by atoms with Gasteiger partial charge in [-0.05, 0) is 25.5 Å². The Balaban J connectivity index is 3.47. The summed E-state index contributed by atoms with van der Waals surface area (Å²) in [6.07, 6.45) is 5.07. The highest BCUT2D eigenvalue weighted by molar-refractivity contribution is 9.09. The van der Waals surface area contributed by atoms with Gasteiger partial charge in [-0.2, -0.15) is 0 Å². The van der Waals surface area contributed by atoms with Crippen molar-refractivity contribution in [2.75, 3.05) is 0 Å². The van der Waals surface area contributed by atoms with E-state index in [1.54, 1.807) is 0 Å². The van der Waals surface area contributed by atoms with Gasteiger partial charge in [0.25, 0.3) is 0 Å². The maximum atomic E-state index is 3.37. The molecule has 0 aromatic carbocycles. The molecule has 0 aliphatic rings. The van der Waals surface area contributed by atoms with Gasteiger partial charge in [-0.25, -0.2) is 0 Å². The minimum atomic E-state index is 0.449. The summed E-state index contributed by atoms with van der Waals surface area (Å²) in [4.78, 5) is 0.449. The van der Waals surface area contributed by atoms with E-state index in [0.717, 1.165) is 6.42 Å². The summed E-state index contributed by atoms with van der Waals surface area (Å²) in [7, 11) is 0. The summed E-state index contributed by atoms with van der Waals surface area (Å²) in [5.41, 5.74) is 3.04. The van der Waals surface area contributed by atoms with E-state index in [1.807, 2.05) is 12.2 Å². The van der Waals surface area contributed by atoms with Crippen LogP contribution >= 0.6 is 15.9 Å². The van der Waals surface area contributed by atoms with E-state index >= 15 is 0 Å². The van der Waals surface area contributed by atoms with Crippen LogP contribution in [0.4, 0.5) is 0 Å². The first-order valence-corrected chi connectivity index (χ1v) is 3.74. The summed E-state index contributed by atoms with van der Waals surface area (Å²) < 4.78 is 0. The van der Waals surface area contributed by atoms with Gasteiger partial charge in [-0.15, -0.1) is 5.73 Å². The third-order valence-corrected chi connectivity index (χ3v) is 0.912. The predicted octanol–water partition coefficient (Wildman–Crippen LogP) is 2.89. The molecule has 0 saturated heterocycles. The largest absolute Gasteiger partial charge is 0.128 e. The average molecular weight is 175 g/mol. The van der Waals surface area contributed by atoms with Gasteiger partial charge in [-0.1, -0.05) is 22.9 Å². The number of hydrogen-bond donors (Lipinski definition) is 0. The molecule has 0 aliphatic carbocycles. The maximum Gasteiger partial charge on any atom is 0.0371 e. The molecule has 0 aromatic rings. The summed E-state index contributed by atoms with van der Waals surface area (Å²) in [6, 6.07) is 0. The van der Waals surface area contributed by atoms with Crippen molar-refractivity contribution in [3.63, 3.8) is 0 Å². The molecule has 1 atom stereocenters. The van der Waals surface area contributed by atoms with E-state index < -0.39 is 0 Å². The first-order chi connectivity index (χ1) is 3.77. The maximum absolute atomic E-state index is 3.37. The van der Waals surface area contributed by atoms with Gasteiger partial charge in [0.05, 0.1) is 0 Å². The molecule has 0 rings (SSSR count). The molecule has 0 fully saturated rings. The van der Waals surface area contributed by atoms with Gasteiger partial charge < -0.3 is 0 Å². The molecular weight excluding hydrogens is 164 g/mol. The molecule has 0 spiro atoms. The predicted molar refractivity (Wildman–Crippen MR) is 41.3 cm³/mol. The molecular formula is C7H11Br. The van der Waals surface area contributed by atoms with Gasteiger partial charge in [0.15, 0.2) is 0 Å². The van der Waals surface area contributed by atoms with Gasteiger partial charge in [0.1, 0.15) is 0 Å². The Morgan fingerprint density at radius 1 is 1.75 bits per heavy atom. The molecule has 8 heavy (non-hydrogen) atoms. The first-order valence-electron chi connectivity index (χ1n) is 2.82. The SMILES string of the molecule is CCC=C=CC(C)Br. The summed E-state index contributed by atoms with van der Waals surface area (Å²) in [6.45, 7) is 4.16. The molecule has 0 aliphatic heterocycles. The molecule has 0 N–H and O–H groups in total. The van der Waals surface area contributed by atoms with Crippen molar-refractivity contribution in [2.24, 2.45) is 0 Å². The summed E-state index contributed by atoms with van der Waals surface area (Å²) >= 11 is 3.37. The van der Waals surface area contributed by atoms with E-state index in [1.165, 1.54) is 0 Å². The topological polar surface area (TPSA) is 0 Å². The second kappa shape index (κ2) is 5.14. The van der Waals surface area contributed by atoms with Crippen LogP contribution in [0.1, 0.15) is 20.3 Å². The van der Waals surface area contributed by atoms with Crippen LogP contribution in [-0.4, -0.2) is 4.83 Å². The van der Waals surface area contributed by atoms with Crippen LogP contribution < -0.4 is 0 Å². The van der Waals surface area contributed by atoms with Crippen molar-refractivity contribution in [2.45, 2.75) is 25.1 Å². The molecule has 0 amide bonds. The highest BCUT2D eigenvalue weighted by Crippen LogP contribution is 1.96. The lowest BCUT2D eigenvalue weighted by molar-refractivity contribution is 1.22. The van der Waals surface area contributed by atoms with Crippen LogP contribution in [0.5, 0.6) is 0 Å². The molecule has 46 valence electrons. The molecule has 1 heteroatoms. The third-order valence-electron chi connectivity index (χ3n) is 0.648. The summed E-state index contributed by atoms with van der Waals surface area (Å²) in [5.74, 6) is 0. The van der Waals surface area contributed by atoms with Crippen LogP contribution in [0.2, 0.25) is 0 Å². The lowest BCUT2D eigenvalue weighted by Crippen LogP contribution is -1.75. The van der Waals surface area contributed by atoms with Gasteiger partial charge in [0.2, 0.25) is 0 Å². The van der Waals surface area contributed by atoms with Crippen LogP contribution in [0, 0.1) is 0 Å². The molecule has 0 nitrogen and oxygen atoms in total. The van der Waals surface area contributed by atoms with Crippen molar-refractivity contribution in [3.05, 3.63) is 17.9 Å². The molecule has 0 saturated carbocycles. The number of halogens is 1. The van der Waals surface area contributed by atoms with E-state index in [4.69, 9.17) is 0 Å². The van der Waals surface area contributed by atoms with Crippen molar-refractivity contribution in [3.8, 4) is 0 Å². The van der Waals surface area contributed by atoms with Gasteiger partial charge in [-0.3, -0.25) is 0 Å². The molecule has 0 radical (unpaired) electrons. The van der Waals surface area contributed by atoms with E-state index in [2.05, 4.69) is 35.5 Å². The Morgan fingerprint density at radius 2 is 2.38 bits per heavy atom. The Kier molecular flexibility index (Phi) is 5.14. The van der Waals surface area contributed by atoms with Gasteiger partial charge >= 0.3 is 0 Å². The molecule has 1 unspecified atom stereocenters. The highest BCUT2D eigenvalue weighted by Gasteiger charge is 1.79. The zero-order valence-corrected chi connectivity index (χ0v) is 6.90. The number of allylic oxidation sites excluding steroid dienone is 1. The Hall–Kier alpha value is 0. The standard InChI is InChI=1S/C7H11Br/c1-3-4-5-6-7(2)8/h4,6-7H,3H2,1-2H3. The lowest BCUT2D eigenvalue weighted by Gasteiger charge is -1.83. The summed E-state index contributed by atoms with van der Waals surface area (Å²) in [5, 5.41) is 0. The fraction of sp³-hybridized carbons (Fsp3) is 0.571. The van der Waals surface area contributed by atoms with Crippen molar-refractivity contribution in [1.82, 2.24) is 0 Å². The zero-order chi connectivity index (χ0) is 6.41. The number of alkyl halides is 1. The van der Waals surface area contributed by atoms with E-state index in [0.29, 0.717) is 4.83 Å². The zero-order valence-electron chi connectivity index (χ0n) is 5.32.